The van der Waals surface area contributed by atoms with Crippen molar-refractivity contribution in [3.05, 3.63) is 47.9 Å². The summed E-state index contributed by atoms with van der Waals surface area (Å²) >= 11 is 0. The second kappa shape index (κ2) is 8.25. The van der Waals surface area contributed by atoms with E-state index in [2.05, 4.69) is 20.3 Å². The predicted octanol–water partition coefficient (Wildman–Crippen LogP) is 2.65. The first kappa shape index (κ1) is 22.6. The minimum absolute atomic E-state index is 0.0935. The highest BCUT2D eigenvalue weighted by atomic mass is 16.5. The number of hydrogen-bond acceptors (Lipinski definition) is 7. The van der Waals surface area contributed by atoms with Gasteiger partial charge >= 0.3 is 0 Å². The number of hydrogen-bond donors (Lipinski definition) is 3. The Hall–Kier alpha value is -3.17. The molecule has 9 nitrogen and oxygen atoms in total. The molecule has 2 aliphatic rings. The molecule has 3 N–H and O–H groups in total. The maximum atomic E-state index is 13.3. The van der Waals surface area contributed by atoms with Gasteiger partial charge in [-0.15, -0.1) is 0 Å². The van der Waals surface area contributed by atoms with Crippen LogP contribution in [0.25, 0.3) is 5.65 Å². The lowest BCUT2D eigenvalue weighted by molar-refractivity contribution is 0.00651. The summed E-state index contributed by atoms with van der Waals surface area (Å²) in [5.74, 6) is 0.659. The molecular weight excluding hydrogens is 434 g/mol. The number of piperidine rings is 1. The Labute approximate surface area is 198 Å². The zero-order chi connectivity index (χ0) is 24.1. The average molecular weight is 466 g/mol. The Morgan fingerprint density at radius 3 is 2.79 bits per heavy atom. The molecule has 0 aliphatic carbocycles. The molecule has 5 rings (SSSR count). The van der Waals surface area contributed by atoms with Crippen LogP contribution in [0.2, 0.25) is 0 Å². The van der Waals surface area contributed by atoms with Crippen LogP contribution >= 0.6 is 0 Å². The summed E-state index contributed by atoms with van der Waals surface area (Å²) in [6, 6.07) is 5.67. The SMILES string of the molecule is CC1(CO)Cc2cc(NC(=O)c3cnn4cccnc34)c(N3CCC(C(C)(C)O)CC3)cc2O1. The van der Waals surface area contributed by atoms with Crippen molar-refractivity contribution in [2.24, 2.45) is 5.92 Å². The molecule has 4 heterocycles. The summed E-state index contributed by atoms with van der Waals surface area (Å²) in [4.78, 5) is 19.8. The molecule has 2 aliphatic heterocycles. The molecular formula is C25H31N5O4. The van der Waals surface area contributed by atoms with Crippen LogP contribution < -0.4 is 15.0 Å². The monoisotopic (exact) mass is 465 g/mol. The van der Waals surface area contributed by atoms with Crippen LogP contribution in [0.4, 0.5) is 11.4 Å². The molecule has 1 aromatic carbocycles. The smallest absolute Gasteiger partial charge is 0.261 e. The third kappa shape index (κ3) is 4.10. The second-order valence-electron chi connectivity index (χ2n) is 10.2. The standard InChI is InChI=1S/C25H31N5O4/c1-24(2,33)17-5-9-29(10-6-17)20-12-21-16(13-25(3,15-31)34-21)11-19(20)28-23(32)18-14-27-30-8-4-7-26-22(18)30/h4,7-8,11-12,14,17,31,33H,5-6,9-10,13,15H2,1-3H3,(H,28,32). The normalized spacial score (nSPS) is 20.9. The Bertz CT molecular complexity index is 1230. The maximum absolute atomic E-state index is 13.3. The summed E-state index contributed by atoms with van der Waals surface area (Å²) < 4.78 is 7.66. The zero-order valence-electron chi connectivity index (χ0n) is 19.8. The molecule has 3 aromatic rings. The van der Waals surface area contributed by atoms with E-state index < -0.39 is 11.2 Å². The molecule has 1 saturated heterocycles. The van der Waals surface area contributed by atoms with Gasteiger partial charge in [-0.2, -0.15) is 5.10 Å². The number of ether oxygens (including phenoxy) is 1. The van der Waals surface area contributed by atoms with E-state index in [0.29, 0.717) is 23.3 Å². The van der Waals surface area contributed by atoms with Crippen LogP contribution in [0.5, 0.6) is 5.75 Å². The van der Waals surface area contributed by atoms with Crippen molar-refractivity contribution in [1.29, 1.82) is 0 Å². The first-order chi connectivity index (χ1) is 16.2. The summed E-state index contributed by atoms with van der Waals surface area (Å²) in [7, 11) is 0. The Morgan fingerprint density at radius 1 is 1.32 bits per heavy atom. The minimum Gasteiger partial charge on any atom is -0.484 e. The molecule has 180 valence electrons. The number of nitrogens with one attached hydrogen (secondary N) is 1. The van der Waals surface area contributed by atoms with E-state index in [1.165, 1.54) is 6.20 Å². The van der Waals surface area contributed by atoms with Gasteiger partial charge in [0.2, 0.25) is 0 Å². The van der Waals surface area contributed by atoms with E-state index in [0.717, 1.165) is 42.9 Å². The highest BCUT2D eigenvalue weighted by Gasteiger charge is 2.37. The van der Waals surface area contributed by atoms with Gasteiger partial charge < -0.3 is 25.2 Å². The number of nitrogens with zero attached hydrogens (tertiary/aromatic N) is 4. The summed E-state index contributed by atoms with van der Waals surface area (Å²) in [6.45, 7) is 7.02. The second-order valence-corrected chi connectivity index (χ2v) is 10.2. The third-order valence-corrected chi connectivity index (χ3v) is 7.04. The zero-order valence-corrected chi connectivity index (χ0v) is 19.8. The number of benzene rings is 1. The summed E-state index contributed by atoms with van der Waals surface area (Å²) in [6.07, 6.45) is 7.16. The van der Waals surface area contributed by atoms with Crippen LogP contribution in [0.3, 0.4) is 0 Å². The maximum Gasteiger partial charge on any atom is 0.261 e. The van der Waals surface area contributed by atoms with Gasteiger partial charge in [-0.25, -0.2) is 9.50 Å². The molecule has 1 atom stereocenters. The van der Waals surface area contributed by atoms with Crippen LogP contribution in [0, 0.1) is 5.92 Å². The van der Waals surface area contributed by atoms with Crippen molar-refractivity contribution in [2.75, 3.05) is 29.9 Å². The van der Waals surface area contributed by atoms with E-state index >= 15 is 0 Å². The number of rotatable bonds is 5. The highest BCUT2D eigenvalue weighted by Crippen LogP contribution is 2.43. The molecule has 1 fully saturated rings. The molecule has 2 aromatic heterocycles. The van der Waals surface area contributed by atoms with Crippen LogP contribution in [-0.2, 0) is 6.42 Å². The molecule has 1 amide bonds. The molecule has 34 heavy (non-hydrogen) atoms. The van der Waals surface area contributed by atoms with Crippen molar-refractivity contribution in [2.45, 2.75) is 51.2 Å². The van der Waals surface area contributed by atoms with Crippen molar-refractivity contribution in [1.82, 2.24) is 14.6 Å². The molecule has 0 spiro atoms. The number of aromatic nitrogens is 3. The lowest BCUT2D eigenvalue weighted by Crippen LogP contribution is -2.42. The first-order valence-corrected chi connectivity index (χ1v) is 11.7. The van der Waals surface area contributed by atoms with Gasteiger partial charge in [0.25, 0.3) is 5.91 Å². The van der Waals surface area contributed by atoms with Gasteiger partial charge in [-0.1, -0.05) is 0 Å². The van der Waals surface area contributed by atoms with Gasteiger partial charge in [0.15, 0.2) is 5.65 Å². The van der Waals surface area contributed by atoms with Crippen LogP contribution in [-0.4, -0.2) is 61.6 Å². The number of anilines is 2. The van der Waals surface area contributed by atoms with Gasteiger partial charge in [0.05, 0.1) is 29.8 Å². The van der Waals surface area contributed by atoms with Crippen LogP contribution in [0.1, 0.15) is 49.5 Å². The third-order valence-electron chi connectivity index (χ3n) is 7.04. The molecule has 0 saturated carbocycles. The van der Waals surface area contributed by atoms with E-state index in [4.69, 9.17) is 4.74 Å². The number of fused-ring (bicyclic) bond motifs is 2. The van der Waals surface area contributed by atoms with Gasteiger partial charge in [-0.05, 0) is 51.7 Å². The number of carbonyl (C=O) groups is 1. The number of aliphatic hydroxyl groups is 2. The van der Waals surface area contributed by atoms with E-state index in [9.17, 15) is 15.0 Å². The molecule has 0 bridgehead atoms. The summed E-state index contributed by atoms with van der Waals surface area (Å²) in [5, 5.41) is 27.6. The van der Waals surface area contributed by atoms with Crippen molar-refractivity contribution < 1.29 is 19.7 Å². The Balaban J connectivity index is 1.47. The minimum atomic E-state index is -0.719. The lowest BCUT2D eigenvalue weighted by Gasteiger charge is -2.39. The topological polar surface area (TPSA) is 112 Å². The number of amides is 1. The number of carbonyl (C=O) groups excluding carboxylic acids is 1. The van der Waals surface area contributed by atoms with Gasteiger partial charge in [0.1, 0.15) is 16.9 Å². The number of aliphatic hydroxyl groups excluding tert-OH is 1. The van der Waals surface area contributed by atoms with E-state index in [-0.39, 0.29) is 18.4 Å². The fourth-order valence-corrected chi connectivity index (χ4v) is 5.01. The first-order valence-electron chi connectivity index (χ1n) is 11.7. The molecule has 0 radical (unpaired) electrons. The Kier molecular flexibility index (Phi) is 5.49. The van der Waals surface area contributed by atoms with Gasteiger partial charge in [0, 0.05) is 43.5 Å². The van der Waals surface area contributed by atoms with Crippen molar-refractivity contribution >= 4 is 22.9 Å². The average Bonchev–Trinajstić information content (AvgIpc) is 3.38. The lowest BCUT2D eigenvalue weighted by atomic mass is 9.83. The van der Waals surface area contributed by atoms with E-state index in [1.807, 2.05) is 32.9 Å². The fourth-order valence-electron chi connectivity index (χ4n) is 5.01. The fraction of sp³-hybridized carbons (Fsp3) is 0.480. The van der Waals surface area contributed by atoms with E-state index in [1.54, 1.807) is 23.0 Å². The van der Waals surface area contributed by atoms with Crippen LogP contribution in [0.15, 0.2) is 36.8 Å². The van der Waals surface area contributed by atoms with Crippen molar-refractivity contribution in [3.63, 3.8) is 0 Å². The summed E-state index contributed by atoms with van der Waals surface area (Å²) in [5.41, 5.74) is 1.99. The predicted molar refractivity (Wildman–Crippen MR) is 128 cm³/mol. The van der Waals surface area contributed by atoms with Crippen molar-refractivity contribution in [3.8, 4) is 5.75 Å². The Morgan fingerprint density at radius 2 is 2.09 bits per heavy atom. The highest BCUT2D eigenvalue weighted by molar-refractivity contribution is 6.09. The molecule has 1 unspecified atom stereocenters. The largest absolute Gasteiger partial charge is 0.484 e. The van der Waals surface area contributed by atoms with Gasteiger partial charge in [-0.3, -0.25) is 4.79 Å². The quantitative estimate of drug-likeness (QED) is 0.531. The molecule has 9 heteroatoms.